The van der Waals surface area contributed by atoms with Crippen LogP contribution < -0.4 is 5.32 Å². The third-order valence-electron chi connectivity index (χ3n) is 3.09. The molecule has 3 nitrogen and oxygen atoms in total. The number of benzene rings is 1. The fraction of sp³-hybridized carbons (Fsp3) is 0.375. The van der Waals surface area contributed by atoms with Gasteiger partial charge in [0, 0.05) is 11.9 Å². The molecule has 2 aromatic rings. The van der Waals surface area contributed by atoms with Crippen molar-refractivity contribution < 1.29 is 4.79 Å². The molecule has 2 rings (SSSR count). The summed E-state index contributed by atoms with van der Waals surface area (Å²) in [5.41, 5.74) is 1.51. The SMILES string of the molecule is CC(C)(C)CCNC(=O)c1cc(Cl)nc2ccccc12. The highest BCUT2D eigenvalue weighted by atomic mass is 35.5. The van der Waals surface area contributed by atoms with Gasteiger partial charge in [0.15, 0.2) is 0 Å². The van der Waals surface area contributed by atoms with Crippen LogP contribution in [0.2, 0.25) is 5.15 Å². The van der Waals surface area contributed by atoms with E-state index in [1.807, 2.05) is 24.3 Å². The van der Waals surface area contributed by atoms with Gasteiger partial charge in [0.05, 0.1) is 11.1 Å². The van der Waals surface area contributed by atoms with Gasteiger partial charge in [0.1, 0.15) is 5.15 Å². The van der Waals surface area contributed by atoms with Gasteiger partial charge in [-0.3, -0.25) is 4.79 Å². The molecular formula is C16H19ClN2O. The van der Waals surface area contributed by atoms with Crippen molar-refractivity contribution in [2.45, 2.75) is 27.2 Å². The Morgan fingerprint density at radius 2 is 2.00 bits per heavy atom. The molecule has 1 N–H and O–H groups in total. The van der Waals surface area contributed by atoms with Gasteiger partial charge in [-0.05, 0) is 24.0 Å². The number of hydrogen-bond donors (Lipinski definition) is 1. The number of fused-ring (bicyclic) bond motifs is 1. The summed E-state index contributed by atoms with van der Waals surface area (Å²) in [6.07, 6.45) is 0.926. The second-order valence-electron chi connectivity index (χ2n) is 6.08. The third kappa shape index (κ3) is 3.70. The number of aromatic nitrogens is 1. The number of amides is 1. The summed E-state index contributed by atoms with van der Waals surface area (Å²) >= 11 is 5.98. The number of nitrogens with one attached hydrogen (secondary N) is 1. The predicted octanol–water partition coefficient (Wildman–Crippen LogP) is 4.05. The van der Waals surface area contributed by atoms with Crippen molar-refractivity contribution in [1.29, 1.82) is 0 Å². The number of halogens is 1. The van der Waals surface area contributed by atoms with Crippen molar-refractivity contribution >= 4 is 28.4 Å². The summed E-state index contributed by atoms with van der Waals surface area (Å²) in [7, 11) is 0. The van der Waals surface area contributed by atoms with Crippen LogP contribution in [0.5, 0.6) is 0 Å². The number of para-hydroxylation sites is 1. The first kappa shape index (κ1) is 14.8. The Kier molecular flexibility index (Phi) is 4.29. The molecule has 0 saturated carbocycles. The van der Waals surface area contributed by atoms with E-state index < -0.39 is 0 Å². The zero-order chi connectivity index (χ0) is 14.8. The van der Waals surface area contributed by atoms with Gasteiger partial charge >= 0.3 is 0 Å². The zero-order valence-electron chi connectivity index (χ0n) is 12.0. The minimum atomic E-state index is -0.102. The van der Waals surface area contributed by atoms with Crippen molar-refractivity contribution in [2.24, 2.45) is 5.41 Å². The summed E-state index contributed by atoms with van der Waals surface area (Å²) in [5, 5.41) is 4.11. The number of carbonyl (C=O) groups excluding carboxylic acids is 1. The summed E-state index contributed by atoms with van der Waals surface area (Å²) in [6.45, 7) is 7.10. The number of pyridine rings is 1. The number of rotatable bonds is 3. The molecule has 0 aliphatic carbocycles. The molecule has 1 amide bonds. The van der Waals surface area contributed by atoms with Crippen LogP contribution in [0, 0.1) is 5.41 Å². The van der Waals surface area contributed by atoms with Gasteiger partial charge in [-0.25, -0.2) is 4.98 Å². The normalized spacial score (nSPS) is 11.6. The van der Waals surface area contributed by atoms with Gasteiger partial charge in [-0.1, -0.05) is 50.6 Å². The van der Waals surface area contributed by atoms with Crippen molar-refractivity contribution in [3.63, 3.8) is 0 Å². The summed E-state index contributed by atoms with van der Waals surface area (Å²) in [5.74, 6) is -0.102. The van der Waals surface area contributed by atoms with Crippen LogP contribution in [-0.4, -0.2) is 17.4 Å². The fourth-order valence-corrected chi connectivity index (χ4v) is 2.18. The van der Waals surface area contributed by atoms with Gasteiger partial charge in [0.2, 0.25) is 0 Å². The molecule has 0 fully saturated rings. The highest BCUT2D eigenvalue weighted by molar-refractivity contribution is 6.30. The summed E-state index contributed by atoms with van der Waals surface area (Å²) < 4.78 is 0. The fourth-order valence-electron chi connectivity index (χ4n) is 1.98. The van der Waals surface area contributed by atoms with Gasteiger partial charge in [-0.15, -0.1) is 0 Å². The molecule has 1 aromatic heterocycles. The van der Waals surface area contributed by atoms with Gasteiger partial charge in [0.25, 0.3) is 5.91 Å². The zero-order valence-corrected chi connectivity index (χ0v) is 12.8. The molecule has 0 aliphatic heterocycles. The lowest BCUT2D eigenvalue weighted by Crippen LogP contribution is -2.27. The van der Waals surface area contributed by atoms with E-state index in [9.17, 15) is 4.79 Å². The molecule has 1 heterocycles. The van der Waals surface area contributed by atoms with Crippen LogP contribution >= 0.6 is 11.6 Å². The molecule has 0 spiro atoms. The van der Waals surface area contributed by atoms with E-state index in [-0.39, 0.29) is 11.3 Å². The molecule has 0 unspecified atom stereocenters. The molecule has 0 radical (unpaired) electrons. The van der Waals surface area contributed by atoms with Crippen molar-refractivity contribution in [2.75, 3.05) is 6.54 Å². The van der Waals surface area contributed by atoms with Crippen LogP contribution in [-0.2, 0) is 0 Å². The maximum atomic E-state index is 12.3. The Hall–Kier alpha value is -1.61. The molecule has 0 bridgehead atoms. The molecule has 0 aliphatic rings. The Bertz CT molecular complexity index is 632. The predicted molar refractivity (Wildman–Crippen MR) is 83.2 cm³/mol. The quantitative estimate of drug-likeness (QED) is 0.866. The average Bonchev–Trinajstić information content (AvgIpc) is 2.36. The monoisotopic (exact) mass is 290 g/mol. The maximum absolute atomic E-state index is 12.3. The lowest BCUT2D eigenvalue weighted by atomic mass is 9.92. The van der Waals surface area contributed by atoms with Crippen molar-refractivity contribution in [3.05, 3.63) is 41.0 Å². The lowest BCUT2D eigenvalue weighted by Gasteiger charge is -2.18. The van der Waals surface area contributed by atoms with E-state index in [0.29, 0.717) is 17.3 Å². The van der Waals surface area contributed by atoms with E-state index in [4.69, 9.17) is 11.6 Å². The van der Waals surface area contributed by atoms with Gasteiger partial charge in [-0.2, -0.15) is 0 Å². The minimum absolute atomic E-state index is 0.102. The first-order valence-electron chi connectivity index (χ1n) is 6.70. The maximum Gasteiger partial charge on any atom is 0.252 e. The van der Waals surface area contributed by atoms with E-state index in [2.05, 4.69) is 31.1 Å². The molecule has 20 heavy (non-hydrogen) atoms. The molecular weight excluding hydrogens is 272 g/mol. The number of carbonyl (C=O) groups is 1. The van der Waals surface area contributed by atoms with Gasteiger partial charge < -0.3 is 5.32 Å². The first-order chi connectivity index (χ1) is 9.37. The van der Waals surface area contributed by atoms with Crippen LogP contribution in [0.4, 0.5) is 0 Å². The minimum Gasteiger partial charge on any atom is -0.352 e. The van der Waals surface area contributed by atoms with E-state index in [1.165, 1.54) is 0 Å². The third-order valence-corrected chi connectivity index (χ3v) is 3.28. The topological polar surface area (TPSA) is 42.0 Å². The Balaban J connectivity index is 2.22. The number of nitrogens with zero attached hydrogens (tertiary/aromatic N) is 1. The molecule has 4 heteroatoms. The summed E-state index contributed by atoms with van der Waals surface area (Å²) in [6, 6.07) is 9.14. The lowest BCUT2D eigenvalue weighted by molar-refractivity contribution is 0.0951. The van der Waals surface area contributed by atoms with Crippen LogP contribution in [0.3, 0.4) is 0 Å². The Labute approximate surface area is 124 Å². The van der Waals surface area contributed by atoms with E-state index in [0.717, 1.165) is 17.3 Å². The van der Waals surface area contributed by atoms with E-state index >= 15 is 0 Å². The second kappa shape index (κ2) is 5.80. The van der Waals surface area contributed by atoms with Crippen LogP contribution in [0.1, 0.15) is 37.6 Å². The molecule has 106 valence electrons. The van der Waals surface area contributed by atoms with Crippen LogP contribution in [0.25, 0.3) is 10.9 Å². The standard InChI is InChI=1S/C16H19ClN2O/c1-16(2,3)8-9-18-15(20)12-10-14(17)19-13-7-5-4-6-11(12)13/h4-7,10H,8-9H2,1-3H3,(H,18,20). The molecule has 1 aromatic carbocycles. The Morgan fingerprint density at radius 3 is 2.70 bits per heavy atom. The highest BCUT2D eigenvalue weighted by Gasteiger charge is 2.14. The van der Waals surface area contributed by atoms with Crippen LogP contribution in [0.15, 0.2) is 30.3 Å². The molecule has 0 atom stereocenters. The average molecular weight is 291 g/mol. The van der Waals surface area contributed by atoms with Crippen molar-refractivity contribution in [1.82, 2.24) is 10.3 Å². The van der Waals surface area contributed by atoms with E-state index in [1.54, 1.807) is 6.07 Å². The Morgan fingerprint density at radius 1 is 1.30 bits per heavy atom. The smallest absolute Gasteiger partial charge is 0.252 e. The first-order valence-corrected chi connectivity index (χ1v) is 7.08. The molecule has 0 saturated heterocycles. The summed E-state index contributed by atoms with van der Waals surface area (Å²) in [4.78, 5) is 16.5. The largest absolute Gasteiger partial charge is 0.352 e. The number of hydrogen-bond acceptors (Lipinski definition) is 2. The second-order valence-corrected chi connectivity index (χ2v) is 6.46. The van der Waals surface area contributed by atoms with Crippen molar-refractivity contribution in [3.8, 4) is 0 Å². The highest BCUT2D eigenvalue weighted by Crippen LogP contribution is 2.21.